The fourth-order valence-electron chi connectivity index (χ4n) is 2.40. The number of carbonyl (C=O) groups excluding carboxylic acids is 4. The summed E-state index contributed by atoms with van der Waals surface area (Å²) in [6, 6.07) is 4.41. The molecule has 1 atom stereocenters. The first-order valence-electron chi connectivity index (χ1n) is 9.02. The summed E-state index contributed by atoms with van der Waals surface area (Å²) in [5, 5.41) is 4.92. The van der Waals surface area contributed by atoms with E-state index in [1.165, 1.54) is 7.11 Å². The first-order valence-corrected chi connectivity index (χ1v) is 9.02. The van der Waals surface area contributed by atoms with Crippen LogP contribution in [-0.4, -0.2) is 50.1 Å². The topological polar surface area (TPSA) is 111 Å². The molecule has 0 bridgehead atoms. The molecule has 0 aliphatic carbocycles. The Morgan fingerprint density at radius 1 is 1.07 bits per heavy atom. The maximum Gasteiger partial charge on any atom is 0.328 e. The van der Waals surface area contributed by atoms with Crippen LogP contribution in [0.3, 0.4) is 0 Å². The third-order valence-electron chi connectivity index (χ3n) is 4.05. The third kappa shape index (κ3) is 7.77. The summed E-state index contributed by atoms with van der Waals surface area (Å²) in [5.41, 5.74) is 2.46. The zero-order valence-electron chi connectivity index (χ0n) is 17.0. The number of benzene rings is 1. The molecule has 0 aliphatic heterocycles. The van der Waals surface area contributed by atoms with Crippen molar-refractivity contribution in [3.05, 3.63) is 34.9 Å². The van der Waals surface area contributed by atoms with Gasteiger partial charge in [-0.1, -0.05) is 19.9 Å². The minimum absolute atomic E-state index is 0.160. The molecule has 0 spiro atoms. The van der Waals surface area contributed by atoms with Gasteiger partial charge in [-0.05, 0) is 49.4 Å². The molecule has 2 amide bonds. The third-order valence-corrected chi connectivity index (χ3v) is 4.05. The van der Waals surface area contributed by atoms with E-state index < -0.39 is 36.4 Å². The number of esters is 2. The normalized spacial score (nSPS) is 11.5. The van der Waals surface area contributed by atoms with Gasteiger partial charge in [0.25, 0.3) is 11.8 Å². The van der Waals surface area contributed by atoms with Crippen molar-refractivity contribution in [2.45, 2.75) is 40.2 Å². The molecular formula is C20H28N2O6. The van der Waals surface area contributed by atoms with Crippen molar-refractivity contribution >= 4 is 23.8 Å². The van der Waals surface area contributed by atoms with Gasteiger partial charge in [-0.3, -0.25) is 14.4 Å². The number of carbonyl (C=O) groups is 4. The first-order chi connectivity index (χ1) is 13.1. The minimum Gasteiger partial charge on any atom is -0.467 e. The van der Waals surface area contributed by atoms with Crippen LogP contribution < -0.4 is 10.6 Å². The summed E-state index contributed by atoms with van der Waals surface area (Å²) < 4.78 is 9.49. The van der Waals surface area contributed by atoms with Crippen LogP contribution in [0.4, 0.5) is 0 Å². The summed E-state index contributed by atoms with van der Waals surface area (Å²) in [5.74, 6) is -2.19. The largest absolute Gasteiger partial charge is 0.467 e. The summed E-state index contributed by atoms with van der Waals surface area (Å²) in [7, 11) is 1.24. The highest BCUT2D eigenvalue weighted by atomic mass is 16.5. The number of amides is 2. The molecule has 28 heavy (non-hydrogen) atoms. The lowest BCUT2D eigenvalue weighted by atomic mass is 10.0. The fourth-order valence-corrected chi connectivity index (χ4v) is 2.40. The summed E-state index contributed by atoms with van der Waals surface area (Å²) >= 11 is 0. The lowest BCUT2D eigenvalue weighted by Crippen LogP contribution is -2.44. The highest BCUT2D eigenvalue weighted by Crippen LogP contribution is 2.09. The van der Waals surface area contributed by atoms with Crippen molar-refractivity contribution in [2.24, 2.45) is 5.92 Å². The van der Waals surface area contributed by atoms with Crippen molar-refractivity contribution < 1.29 is 28.7 Å². The number of aryl methyl sites for hydroxylation is 2. The monoisotopic (exact) mass is 392 g/mol. The second-order valence-corrected chi connectivity index (χ2v) is 6.92. The Morgan fingerprint density at radius 3 is 2.32 bits per heavy atom. The van der Waals surface area contributed by atoms with Crippen LogP contribution in [0.15, 0.2) is 18.2 Å². The standard InChI is InChI=1S/C20H28N2O6/c1-12(2)8-16(20(26)27-5)22-17(23)11-28-18(24)10-21-19(25)15-7-6-13(3)14(4)9-15/h6-7,9,12,16H,8,10-11H2,1-5H3,(H,21,25)(H,22,23). The van der Waals surface area contributed by atoms with Crippen LogP contribution in [0.2, 0.25) is 0 Å². The van der Waals surface area contributed by atoms with Crippen molar-refractivity contribution in [2.75, 3.05) is 20.3 Å². The molecule has 0 radical (unpaired) electrons. The number of ether oxygens (including phenoxy) is 2. The number of rotatable bonds is 9. The van der Waals surface area contributed by atoms with Crippen LogP contribution in [-0.2, 0) is 23.9 Å². The van der Waals surface area contributed by atoms with E-state index in [0.29, 0.717) is 12.0 Å². The number of hydrogen-bond acceptors (Lipinski definition) is 6. The van der Waals surface area contributed by atoms with Crippen LogP contribution in [0.5, 0.6) is 0 Å². The lowest BCUT2D eigenvalue weighted by molar-refractivity contribution is -0.149. The number of methoxy groups -OCH3 is 1. The van der Waals surface area contributed by atoms with Crippen LogP contribution in [0.1, 0.15) is 41.8 Å². The fraction of sp³-hybridized carbons (Fsp3) is 0.500. The molecule has 8 heteroatoms. The van der Waals surface area contributed by atoms with Gasteiger partial charge < -0.3 is 20.1 Å². The molecule has 8 nitrogen and oxygen atoms in total. The van der Waals surface area contributed by atoms with Crippen molar-refractivity contribution in [3.8, 4) is 0 Å². The van der Waals surface area contributed by atoms with E-state index in [4.69, 9.17) is 4.74 Å². The molecule has 1 rings (SSSR count). The number of hydrogen-bond donors (Lipinski definition) is 2. The van der Waals surface area contributed by atoms with Gasteiger partial charge in [0.1, 0.15) is 12.6 Å². The summed E-state index contributed by atoms with van der Waals surface area (Å²) in [6.07, 6.45) is 0.401. The molecule has 0 aliphatic rings. The Hall–Kier alpha value is -2.90. The van der Waals surface area contributed by atoms with Gasteiger partial charge in [0.05, 0.1) is 7.11 Å². The van der Waals surface area contributed by atoms with Gasteiger partial charge in [0.2, 0.25) is 0 Å². The smallest absolute Gasteiger partial charge is 0.328 e. The molecule has 1 aromatic rings. The van der Waals surface area contributed by atoms with Gasteiger partial charge in [0.15, 0.2) is 6.61 Å². The second-order valence-electron chi connectivity index (χ2n) is 6.92. The van der Waals surface area contributed by atoms with E-state index in [-0.39, 0.29) is 12.5 Å². The van der Waals surface area contributed by atoms with Crippen LogP contribution >= 0.6 is 0 Å². The first kappa shape index (κ1) is 23.1. The Kier molecular flexibility index (Phi) is 9.14. The Bertz CT molecular complexity index is 729. The van der Waals surface area contributed by atoms with E-state index in [9.17, 15) is 19.2 Å². The van der Waals surface area contributed by atoms with Crippen molar-refractivity contribution in [1.29, 1.82) is 0 Å². The van der Waals surface area contributed by atoms with E-state index >= 15 is 0 Å². The predicted molar refractivity (Wildman–Crippen MR) is 103 cm³/mol. The molecule has 154 valence electrons. The molecule has 2 N–H and O–H groups in total. The Balaban J connectivity index is 2.44. The van der Waals surface area contributed by atoms with Gasteiger partial charge in [-0.15, -0.1) is 0 Å². The Labute approximate surface area is 165 Å². The highest BCUT2D eigenvalue weighted by Gasteiger charge is 2.23. The van der Waals surface area contributed by atoms with Crippen molar-refractivity contribution in [3.63, 3.8) is 0 Å². The molecule has 1 aromatic carbocycles. The van der Waals surface area contributed by atoms with E-state index in [1.54, 1.807) is 12.1 Å². The van der Waals surface area contributed by atoms with Gasteiger partial charge in [0, 0.05) is 5.56 Å². The van der Waals surface area contributed by atoms with Gasteiger partial charge in [-0.25, -0.2) is 4.79 Å². The SMILES string of the molecule is COC(=O)C(CC(C)C)NC(=O)COC(=O)CNC(=O)c1ccc(C)c(C)c1. The minimum atomic E-state index is -0.805. The maximum absolute atomic E-state index is 12.1. The van der Waals surface area contributed by atoms with Gasteiger partial charge >= 0.3 is 11.9 Å². The average molecular weight is 392 g/mol. The van der Waals surface area contributed by atoms with E-state index in [0.717, 1.165) is 11.1 Å². The molecule has 0 fully saturated rings. The zero-order valence-corrected chi connectivity index (χ0v) is 17.0. The molecule has 1 unspecified atom stereocenters. The summed E-state index contributed by atoms with van der Waals surface area (Å²) in [6.45, 7) is 6.71. The number of nitrogens with one attached hydrogen (secondary N) is 2. The summed E-state index contributed by atoms with van der Waals surface area (Å²) in [4.78, 5) is 47.4. The van der Waals surface area contributed by atoms with Gasteiger partial charge in [-0.2, -0.15) is 0 Å². The Morgan fingerprint density at radius 2 is 1.75 bits per heavy atom. The van der Waals surface area contributed by atoms with Crippen molar-refractivity contribution in [1.82, 2.24) is 10.6 Å². The van der Waals surface area contributed by atoms with E-state index in [2.05, 4.69) is 15.4 Å². The molecular weight excluding hydrogens is 364 g/mol. The average Bonchev–Trinajstić information content (AvgIpc) is 2.64. The van der Waals surface area contributed by atoms with Crippen LogP contribution in [0, 0.1) is 19.8 Å². The molecule has 0 saturated carbocycles. The zero-order chi connectivity index (χ0) is 21.3. The molecule has 0 saturated heterocycles. The predicted octanol–water partition coefficient (Wildman–Crippen LogP) is 1.28. The van der Waals surface area contributed by atoms with E-state index in [1.807, 2.05) is 33.8 Å². The second kappa shape index (κ2) is 11.1. The maximum atomic E-state index is 12.1. The quantitative estimate of drug-likeness (QED) is 0.613. The van der Waals surface area contributed by atoms with Crippen LogP contribution in [0.25, 0.3) is 0 Å². The molecule has 0 heterocycles. The lowest BCUT2D eigenvalue weighted by Gasteiger charge is -2.18. The molecule has 0 aromatic heterocycles. The highest BCUT2D eigenvalue weighted by molar-refractivity contribution is 5.96.